The molecule has 0 saturated heterocycles. The topological polar surface area (TPSA) is 73.0 Å². The lowest BCUT2D eigenvalue weighted by molar-refractivity contribution is 0.564. The third-order valence-corrected chi connectivity index (χ3v) is 6.32. The van der Waals surface area contributed by atoms with Gasteiger partial charge >= 0.3 is 0 Å². The lowest BCUT2D eigenvalue weighted by atomic mass is 10.2. The van der Waals surface area contributed by atoms with Crippen molar-refractivity contribution in [3.8, 4) is 0 Å². The highest BCUT2D eigenvalue weighted by Gasteiger charge is 2.21. The van der Waals surface area contributed by atoms with Gasteiger partial charge in [-0.25, -0.2) is 13.4 Å². The van der Waals surface area contributed by atoms with Gasteiger partial charge in [0.25, 0.3) is 0 Å². The van der Waals surface area contributed by atoms with Crippen LogP contribution in [0.5, 0.6) is 0 Å². The van der Waals surface area contributed by atoms with Crippen molar-refractivity contribution in [3.63, 3.8) is 0 Å². The molecule has 1 atom stereocenters. The summed E-state index contributed by atoms with van der Waals surface area (Å²) in [6, 6.07) is 5.24. The van der Waals surface area contributed by atoms with Crippen LogP contribution in [-0.4, -0.2) is 19.2 Å². The lowest BCUT2D eigenvalue weighted by Crippen LogP contribution is -2.13. The van der Waals surface area contributed by atoms with Crippen LogP contribution >= 0.6 is 11.3 Å². The third-order valence-electron chi connectivity index (χ3n) is 2.86. The number of nitrogens with zero attached hydrogens (tertiary/aromatic N) is 1. The second kappa shape index (κ2) is 4.85. The Labute approximate surface area is 111 Å². The molecule has 0 radical (unpaired) electrons. The van der Waals surface area contributed by atoms with Crippen molar-refractivity contribution in [2.45, 2.75) is 24.6 Å². The lowest BCUT2D eigenvalue weighted by Gasteiger charge is -2.06. The Kier molecular flexibility index (Phi) is 3.59. The molecule has 0 saturated carbocycles. The molecule has 2 rings (SSSR count). The van der Waals surface area contributed by atoms with Gasteiger partial charge in [-0.3, -0.25) is 0 Å². The molecule has 18 heavy (non-hydrogen) atoms. The number of nitrogens with two attached hydrogens (primary N) is 1. The standard InChI is InChI=1S/C12H16N2O2S2/c1-3-8(2)7-18(15,16)12-14-10-5-4-9(13)6-11(10)17-12/h4-6,8H,3,7,13H2,1-2H3. The Morgan fingerprint density at radius 1 is 1.44 bits per heavy atom. The number of hydrogen-bond acceptors (Lipinski definition) is 5. The first-order chi connectivity index (χ1) is 8.42. The normalized spacial score (nSPS) is 13.9. The first-order valence-corrected chi connectivity index (χ1v) is 8.28. The Morgan fingerprint density at radius 3 is 2.83 bits per heavy atom. The predicted octanol–water partition coefficient (Wildman–Crippen LogP) is 2.70. The fraction of sp³-hybridized carbons (Fsp3) is 0.417. The van der Waals surface area contributed by atoms with Crippen LogP contribution in [0.2, 0.25) is 0 Å². The van der Waals surface area contributed by atoms with Crippen LogP contribution in [-0.2, 0) is 9.84 Å². The van der Waals surface area contributed by atoms with E-state index >= 15 is 0 Å². The van der Waals surface area contributed by atoms with Crippen molar-refractivity contribution >= 4 is 37.1 Å². The van der Waals surface area contributed by atoms with Crippen molar-refractivity contribution < 1.29 is 8.42 Å². The summed E-state index contributed by atoms with van der Waals surface area (Å²) in [6.07, 6.45) is 0.844. The van der Waals surface area contributed by atoms with Crippen LogP contribution in [0.15, 0.2) is 22.5 Å². The molecule has 0 aliphatic rings. The van der Waals surface area contributed by atoms with E-state index < -0.39 is 9.84 Å². The first kappa shape index (κ1) is 13.3. The zero-order valence-electron chi connectivity index (χ0n) is 10.4. The molecule has 0 amide bonds. The van der Waals surface area contributed by atoms with Gasteiger partial charge in [0.2, 0.25) is 14.2 Å². The largest absolute Gasteiger partial charge is 0.399 e. The number of sulfone groups is 1. The van der Waals surface area contributed by atoms with Gasteiger partial charge in [-0.2, -0.15) is 0 Å². The zero-order chi connectivity index (χ0) is 13.3. The highest BCUT2D eigenvalue weighted by atomic mass is 32.2. The molecule has 6 heteroatoms. The number of fused-ring (bicyclic) bond motifs is 1. The maximum Gasteiger partial charge on any atom is 0.210 e. The number of aromatic nitrogens is 1. The van der Waals surface area contributed by atoms with E-state index in [1.165, 1.54) is 11.3 Å². The van der Waals surface area contributed by atoms with E-state index in [-0.39, 0.29) is 16.0 Å². The Morgan fingerprint density at radius 2 is 2.17 bits per heavy atom. The van der Waals surface area contributed by atoms with Gasteiger partial charge < -0.3 is 5.73 Å². The van der Waals surface area contributed by atoms with E-state index in [1.54, 1.807) is 18.2 Å². The van der Waals surface area contributed by atoms with Crippen molar-refractivity contribution in [2.75, 3.05) is 11.5 Å². The zero-order valence-corrected chi connectivity index (χ0v) is 12.0. The van der Waals surface area contributed by atoms with Gasteiger partial charge in [-0.1, -0.05) is 20.3 Å². The number of hydrogen-bond donors (Lipinski definition) is 1. The van der Waals surface area contributed by atoms with E-state index in [4.69, 9.17) is 5.73 Å². The summed E-state index contributed by atoms with van der Waals surface area (Å²) < 4.78 is 25.4. The average molecular weight is 284 g/mol. The van der Waals surface area contributed by atoms with E-state index in [9.17, 15) is 8.42 Å². The molecule has 0 aliphatic carbocycles. The number of anilines is 1. The molecule has 98 valence electrons. The molecule has 1 aromatic heterocycles. The molecule has 0 aliphatic heterocycles. The quantitative estimate of drug-likeness (QED) is 0.876. The Hall–Kier alpha value is -1.14. The minimum atomic E-state index is -3.28. The molecule has 4 nitrogen and oxygen atoms in total. The molecule has 0 bridgehead atoms. The van der Waals surface area contributed by atoms with Gasteiger partial charge in [0.15, 0.2) is 0 Å². The second-order valence-corrected chi connectivity index (χ2v) is 7.74. The second-order valence-electron chi connectivity index (χ2n) is 4.50. The number of rotatable bonds is 4. The van der Waals surface area contributed by atoms with E-state index in [0.717, 1.165) is 11.1 Å². The van der Waals surface area contributed by atoms with Crippen LogP contribution in [0.3, 0.4) is 0 Å². The monoisotopic (exact) mass is 284 g/mol. The van der Waals surface area contributed by atoms with E-state index in [1.807, 2.05) is 13.8 Å². The number of thiazole rings is 1. The van der Waals surface area contributed by atoms with Crippen LogP contribution < -0.4 is 5.73 Å². The van der Waals surface area contributed by atoms with Crippen LogP contribution in [0, 0.1) is 5.92 Å². The maximum atomic E-state index is 12.2. The average Bonchev–Trinajstić information content (AvgIpc) is 2.71. The summed E-state index contributed by atoms with van der Waals surface area (Å²) in [4.78, 5) is 4.19. The molecule has 1 unspecified atom stereocenters. The minimum absolute atomic E-state index is 0.145. The first-order valence-electron chi connectivity index (χ1n) is 5.81. The molecule has 2 aromatic rings. The summed E-state index contributed by atoms with van der Waals surface area (Å²) in [6.45, 7) is 3.92. The van der Waals surface area contributed by atoms with Crippen LogP contribution in [0.4, 0.5) is 5.69 Å². The summed E-state index contributed by atoms with van der Waals surface area (Å²) in [5, 5.41) is 0. The third kappa shape index (κ3) is 2.64. The molecule has 1 heterocycles. The summed E-state index contributed by atoms with van der Waals surface area (Å²) >= 11 is 1.19. The van der Waals surface area contributed by atoms with Crippen LogP contribution in [0.25, 0.3) is 10.2 Å². The van der Waals surface area contributed by atoms with Gasteiger partial charge in [-0.15, -0.1) is 11.3 Å². The number of nitrogen functional groups attached to an aromatic ring is 1. The van der Waals surface area contributed by atoms with Crippen molar-refractivity contribution in [3.05, 3.63) is 18.2 Å². The SMILES string of the molecule is CCC(C)CS(=O)(=O)c1nc2ccc(N)cc2s1. The van der Waals surface area contributed by atoms with Gasteiger partial charge in [-0.05, 0) is 24.1 Å². The number of benzene rings is 1. The van der Waals surface area contributed by atoms with Crippen LogP contribution in [0.1, 0.15) is 20.3 Å². The fourth-order valence-corrected chi connectivity index (χ4v) is 4.71. The Bertz CT molecular complexity index is 662. The molecule has 2 N–H and O–H groups in total. The van der Waals surface area contributed by atoms with E-state index in [2.05, 4.69) is 4.98 Å². The van der Waals surface area contributed by atoms with Crippen molar-refractivity contribution in [2.24, 2.45) is 5.92 Å². The molecule has 0 fully saturated rings. The van der Waals surface area contributed by atoms with Crippen molar-refractivity contribution in [1.29, 1.82) is 0 Å². The fourth-order valence-electron chi connectivity index (χ4n) is 1.62. The van der Waals surface area contributed by atoms with Crippen molar-refractivity contribution in [1.82, 2.24) is 4.98 Å². The summed E-state index contributed by atoms with van der Waals surface area (Å²) in [5.41, 5.74) is 6.99. The van der Waals surface area contributed by atoms with E-state index in [0.29, 0.717) is 11.2 Å². The maximum absolute atomic E-state index is 12.2. The summed E-state index contributed by atoms with van der Waals surface area (Å²) in [7, 11) is -3.28. The Balaban J connectivity index is 2.42. The summed E-state index contributed by atoms with van der Waals surface area (Å²) in [5.74, 6) is 0.297. The molecule has 1 aromatic carbocycles. The van der Waals surface area contributed by atoms with Gasteiger partial charge in [0.05, 0.1) is 16.0 Å². The molecule has 0 spiro atoms. The highest BCUT2D eigenvalue weighted by molar-refractivity contribution is 7.93. The smallest absolute Gasteiger partial charge is 0.210 e. The molecular formula is C12H16N2O2S2. The molecular weight excluding hydrogens is 268 g/mol. The predicted molar refractivity (Wildman–Crippen MR) is 75.5 cm³/mol. The minimum Gasteiger partial charge on any atom is -0.399 e. The van der Waals surface area contributed by atoms with Gasteiger partial charge in [0, 0.05) is 5.69 Å². The van der Waals surface area contributed by atoms with Gasteiger partial charge in [0.1, 0.15) is 0 Å². The highest BCUT2D eigenvalue weighted by Crippen LogP contribution is 2.28.